The molecule has 0 fully saturated rings. The van der Waals surface area contributed by atoms with Crippen molar-refractivity contribution in [2.24, 2.45) is 0 Å². The van der Waals surface area contributed by atoms with E-state index in [1.807, 2.05) is 13.8 Å². The molecule has 0 unspecified atom stereocenters. The maximum atomic E-state index is 11.3. The standard InChI is InChI=1S/C9H12N2O.H2/c1-7(2)11-9(12)8-5-3-4-6-10-8;/h3-7H,1-2H3,(H,11,12);1H. The lowest BCUT2D eigenvalue weighted by Crippen LogP contribution is -2.30. The van der Waals surface area contributed by atoms with Gasteiger partial charge in [0.1, 0.15) is 5.69 Å². The Hall–Kier alpha value is -1.38. The summed E-state index contributed by atoms with van der Waals surface area (Å²) in [5, 5.41) is 2.76. The van der Waals surface area contributed by atoms with E-state index >= 15 is 0 Å². The highest BCUT2D eigenvalue weighted by atomic mass is 16.1. The summed E-state index contributed by atoms with van der Waals surface area (Å²) < 4.78 is 0. The highest BCUT2D eigenvalue weighted by Gasteiger charge is 2.05. The van der Waals surface area contributed by atoms with Gasteiger partial charge in [0.15, 0.2) is 0 Å². The topological polar surface area (TPSA) is 42.0 Å². The monoisotopic (exact) mass is 166 g/mol. The highest BCUT2D eigenvalue weighted by molar-refractivity contribution is 5.92. The van der Waals surface area contributed by atoms with Crippen LogP contribution in [-0.2, 0) is 0 Å². The zero-order valence-corrected chi connectivity index (χ0v) is 7.24. The van der Waals surface area contributed by atoms with Gasteiger partial charge in [0.2, 0.25) is 0 Å². The fraction of sp³-hybridized carbons (Fsp3) is 0.333. The summed E-state index contributed by atoms with van der Waals surface area (Å²) in [6, 6.07) is 5.42. The Morgan fingerprint density at radius 3 is 2.83 bits per heavy atom. The van der Waals surface area contributed by atoms with Crippen LogP contribution in [0.5, 0.6) is 0 Å². The molecule has 0 spiro atoms. The number of hydrogen-bond acceptors (Lipinski definition) is 2. The molecule has 1 amide bonds. The Kier molecular flexibility index (Phi) is 2.80. The molecule has 3 heteroatoms. The molecule has 0 saturated heterocycles. The Morgan fingerprint density at radius 2 is 2.33 bits per heavy atom. The minimum Gasteiger partial charge on any atom is -0.349 e. The number of carbonyl (C=O) groups excluding carboxylic acids is 1. The lowest BCUT2D eigenvalue weighted by molar-refractivity contribution is 0.0938. The number of amides is 1. The first-order valence-electron chi connectivity index (χ1n) is 3.92. The van der Waals surface area contributed by atoms with Gasteiger partial charge in [0, 0.05) is 13.7 Å². The highest BCUT2D eigenvalue weighted by Crippen LogP contribution is 1.93. The van der Waals surface area contributed by atoms with Gasteiger partial charge < -0.3 is 5.32 Å². The minimum atomic E-state index is -0.120. The van der Waals surface area contributed by atoms with Gasteiger partial charge in [-0.25, -0.2) is 0 Å². The zero-order valence-electron chi connectivity index (χ0n) is 7.24. The molecule has 1 heterocycles. The Labute approximate surface area is 73.3 Å². The van der Waals surface area contributed by atoms with Crippen molar-refractivity contribution in [1.82, 2.24) is 10.3 Å². The van der Waals surface area contributed by atoms with Crippen molar-refractivity contribution < 1.29 is 6.22 Å². The molecule has 1 rings (SSSR count). The fourth-order valence-electron chi connectivity index (χ4n) is 0.833. The summed E-state index contributed by atoms with van der Waals surface area (Å²) in [7, 11) is 0. The van der Waals surface area contributed by atoms with Crippen LogP contribution in [0.4, 0.5) is 0 Å². The number of hydrogen-bond donors (Lipinski definition) is 1. The van der Waals surface area contributed by atoms with E-state index in [0.717, 1.165) is 0 Å². The quantitative estimate of drug-likeness (QED) is 0.722. The van der Waals surface area contributed by atoms with Crippen molar-refractivity contribution in [2.75, 3.05) is 0 Å². The maximum absolute atomic E-state index is 11.3. The van der Waals surface area contributed by atoms with Crippen LogP contribution in [0, 0.1) is 0 Å². The van der Waals surface area contributed by atoms with Crippen molar-refractivity contribution in [3.63, 3.8) is 0 Å². The fourth-order valence-corrected chi connectivity index (χ4v) is 0.833. The Bertz CT molecular complexity index is 262. The molecular weight excluding hydrogens is 152 g/mol. The second kappa shape index (κ2) is 3.85. The van der Waals surface area contributed by atoms with Crippen molar-refractivity contribution >= 4 is 5.91 Å². The van der Waals surface area contributed by atoms with Crippen molar-refractivity contribution in [3.05, 3.63) is 30.1 Å². The molecule has 0 radical (unpaired) electrons. The van der Waals surface area contributed by atoms with Gasteiger partial charge in [-0.2, -0.15) is 0 Å². The molecule has 0 atom stereocenters. The van der Waals surface area contributed by atoms with Gasteiger partial charge in [-0.3, -0.25) is 9.78 Å². The number of rotatable bonds is 2. The largest absolute Gasteiger partial charge is 0.349 e. The SMILES string of the molecule is CC(C)NC(=O)c1ccccn1.[HH]. The first-order valence-corrected chi connectivity index (χ1v) is 3.92. The van der Waals surface area contributed by atoms with Crippen LogP contribution in [0.1, 0.15) is 25.8 Å². The molecule has 0 aliphatic heterocycles. The third kappa shape index (κ3) is 2.34. The number of carbonyl (C=O) groups is 1. The second-order valence-corrected chi connectivity index (χ2v) is 2.84. The molecule has 12 heavy (non-hydrogen) atoms. The molecule has 1 aromatic heterocycles. The third-order valence-corrected chi connectivity index (χ3v) is 1.32. The number of pyridine rings is 1. The second-order valence-electron chi connectivity index (χ2n) is 2.84. The summed E-state index contributed by atoms with van der Waals surface area (Å²) in [6.45, 7) is 3.84. The molecule has 0 aromatic carbocycles. The lowest BCUT2D eigenvalue weighted by atomic mass is 10.3. The third-order valence-electron chi connectivity index (χ3n) is 1.32. The van der Waals surface area contributed by atoms with Crippen molar-refractivity contribution in [3.8, 4) is 0 Å². The first kappa shape index (κ1) is 8.71. The van der Waals surface area contributed by atoms with E-state index in [1.165, 1.54) is 0 Å². The van der Waals surface area contributed by atoms with Gasteiger partial charge in [-0.05, 0) is 26.0 Å². The van der Waals surface area contributed by atoms with Crippen LogP contribution in [0.15, 0.2) is 24.4 Å². The average Bonchev–Trinajstić information content (AvgIpc) is 2.05. The Morgan fingerprint density at radius 1 is 1.58 bits per heavy atom. The molecule has 0 aliphatic carbocycles. The van der Waals surface area contributed by atoms with E-state index in [0.29, 0.717) is 5.69 Å². The molecule has 0 bridgehead atoms. The average molecular weight is 166 g/mol. The van der Waals surface area contributed by atoms with Crippen LogP contribution in [0.2, 0.25) is 0 Å². The summed E-state index contributed by atoms with van der Waals surface area (Å²) in [5.74, 6) is -0.120. The van der Waals surface area contributed by atoms with Gasteiger partial charge in [0.05, 0.1) is 0 Å². The molecular formula is C9H14N2O. The van der Waals surface area contributed by atoms with Crippen molar-refractivity contribution in [2.45, 2.75) is 19.9 Å². The molecule has 0 saturated carbocycles. The summed E-state index contributed by atoms with van der Waals surface area (Å²) in [5.41, 5.74) is 0.464. The van der Waals surface area contributed by atoms with Crippen LogP contribution in [-0.4, -0.2) is 16.9 Å². The minimum absolute atomic E-state index is 0. The van der Waals surface area contributed by atoms with Gasteiger partial charge >= 0.3 is 0 Å². The Balaban J connectivity index is 0.00000144. The van der Waals surface area contributed by atoms with Gasteiger partial charge in [-0.1, -0.05) is 6.07 Å². The van der Waals surface area contributed by atoms with E-state index in [9.17, 15) is 4.79 Å². The number of aromatic nitrogens is 1. The van der Waals surface area contributed by atoms with Crippen molar-refractivity contribution in [1.29, 1.82) is 0 Å². The van der Waals surface area contributed by atoms with Gasteiger partial charge in [0.25, 0.3) is 5.91 Å². The molecule has 1 aromatic rings. The normalized spacial score (nSPS) is 9.92. The molecule has 66 valence electrons. The van der Waals surface area contributed by atoms with Crippen LogP contribution >= 0.6 is 0 Å². The van der Waals surface area contributed by atoms with E-state index in [1.54, 1.807) is 24.4 Å². The van der Waals surface area contributed by atoms with Crippen LogP contribution < -0.4 is 5.32 Å². The van der Waals surface area contributed by atoms with E-state index in [4.69, 9.17) is 0 Å². The number of nitrogens with zero attached hydrogens (tertiary/aromatic N) is 1. The molecule has 1 N–H and O–H groups in total. The number of nitrogens with one attached hydrogen (secondary N) is 1. The lowest BCUT2D eigenvalue weighted by Gasteiger charge is -2.06. The van der Waals surface area contributed by atoms with Gasteiger partial charge in [-0.15, -0.1) is 0 Å². The van der Waals surface area contributed by atoms with E-state index in [2.05, 4.69) is 10.3 Å². The summed E-state index contributed by atoms with van der Waals surface area (Å²) >= 11 is 0. The predicted molar refractivity (Wildman–Crippen MR) is 49.0 cm³/mol. The van der Waals surface area contributed by atoms with Crippen LogP contribution in [0.25, 0.3) is 0 Å². The summed E-state index contributed by atoms with van der Waals surface area (Å²) in [4.78, 5) is 15.2. The molecule has 0 aliphatic rings. The zero-order chi connectivity index (χ0) is 8.97. The molecule has 3 nitrogen and oxygen atoms in total. The smallest absolute Gasteiger partial charge is 0.270 e. The van der Waals surface area contributed by atoms with Crippen LogP contribution in [0.3, 0.4) is 0 Å². The predicted octanol–water partition coefficient (Wildman–Crippen LogP) is 1.47. The van der Waals surface area contributed by atoms with E-state index < -0.39 is 0 Å². The van der Waals surface area contributed by atoms with E-state index in [-0.39, 0.29) is 13.4 Å². The first-order chi connectivity index (χ1) is 5.70. The maximum Gasteiger partial charge on any atom is 0.270 e. The summed E-state index contributed by atoms with van der Waals surface area (Å²) in [6.07, 6.45) is 1.61.